The Balaban J connectivity index is 2.28. The van der Waals surface area contributed by atoms with Crippen LogP contribution in [0, 0.1) is 13.8 Å². The van der Waals surface area contributed by atoms with Gasteiger partial charge in [0, 0.05) is 29.1 Å². The second-order valence-electron chi connectivity index (χ2n) is 4.54. The molecule has 0 N–H and O–H groups in total. The van der Waals surface area contributed by atoms with Gasteiger partial charge < -0.3 is 0 Å². The molecule has 2 aromatic rings. The van der Waals surface area contributed by atoms with Crippen LogP contribution in [0.2, 0.25) is 5.15 Å². The first-order chi connectivity index (χ1) is 8.90. The van der Waals surface area contributed by atoms with Crippen molar-refractivity contribution in [3.8, 4) is 0 Å². The Labute approximate surface area is 125 Å². The Hall–Kier alpha value is -1.13. The molecule has 1 heterocycles. The molecule has 5 heteroatoms. The van der Waals surface area contributed by atoms with Gasteiger partial charge in [-0.1, -0.05) is 39.7 Å². The molecule has 0 aliphatic rings. The van der Waals surface area contributed by atoms with Gasteiger partial charge in [0.05, 0.1) is 5.69 Å². The largest absolute Gasteiger partial charge is 0.294 e. The van der Waals surface area contributed by atoms with E-state index in [4.69, 9.17) is 11.6 Å². The van der Waals surface area contributed by atoms with Gasteiger partial charge in [-0.15, -0.1) is 0 Å². The molecular weight excluding hydrogens is 328 g/mol. The second-order valence-corrected chi connectivity index (χ2v) is 5.75. The number of benzene rings is 1. The maximum Gasteiger partial charge on any atom is 0.167 e. The van der Waals surface area contributed by atoms with E-state index in [0.29, 0.717) is 10.7 Å². The zero-order valence-electron chi connectivity index (χ0n) is 11.0. The summed E-state index contributed by atoms with van der Waals surface area (Å²) in [4.78, 5) is 12.3. The number of aryl methyl sites for hydroxylation is 3. The summed E-state index contributed by atoms with van der Waals surface area (Å²) in [5, 5.41) is 4.74. The summed E-state index contributed by atoms with van der Waals surface area (Å²) in [6, 6.07) is 5.61. The first-order valence-electron chi connectivity index (χ1n) is 5.87. The predicted octanol–water partition coefficient (Wildman–Crippen LogP) is 3.88. The lowest BCUT2D eigenvalue weighted by Gasteiger charge is -2.04. The number of aromatic nitrogens is 2. The van der Waals surface area contributed by atoms with Gasteiger partial charge in [-0.3, -0.25) is 9.48 Å². The zero-order chi connectivity index (χ0) is 14.2. The minimum Gasteiger partial charge on any atom is -0.294 e. The highest BCUT2D eigenvalue weighted by molar-refractivity contribution is 9.10. The van der Waals surface area contributed by atoms with E-state index in [0.717, 1.165) is 21.3 Å². The standard InChI is InChI=1S/C14H14BrClN2O/c1-8-4-5-10(6-12(8)15)13(19)7-11-9(2)17-18(3)14(11)16/h4-6H,7H2,1-3H3. The molecule has 0 spiro atoms. The van der Waals surface area contributed by atoms with E-state index >= 15 is 0 Å². The highest BCUT2D eigenvalue weighted by Gasteiger charge is 2.16. The van der Waals surface area contributed by atoms with Crippen molar-refractivity contribution >= 4 is 33.3 Å². The van der Waals surface area contributed by atoms with Crippen LogP contribution in [-0.4, -0.2) is 15.6 Å². The maximum absolute atomic E-state index is 12.3. The zero-order valence-corrected chi connectivity index (χ0v) is 13.3. The molecule has 3 nitrogen and oxygen atoms in total. The van der Waals surface area contributed by atoms with Gasteiger partial charge in [-0.05, 0) is 25.5 Å². The molecule has 0 aliphatic heterocycles. The molecule has 19 heavy (non-hydrogen) atoms. The van der Waals surface area contributed by atoms with Crippen LogP contribution in [0.15, 0.2) is 22.7 Å². The van der Waals surface area contributed by atoms with Gasteiger partial charge in [0.15, 0.2) is 5.78 Å². The molecule has 0 atom stereocenters. The van der Waals surface area contributed by atoms with Crippen LogP contribution >= 0.6 is 27.5 Å². The lowest BCUT2D eigenvalue weighted by molar-refractivity contribution is 0.0992. The Morgan fingerprint density at radius 1 is 1.42 bits per heavy atom. The minimum absolute atomic E-state index is 0.0405. The van der Waals surface area contributed by atoms with E-state index in [2.05, 4.69) is 21.0 Å². The van der Waals surface area contributed by atoms with E-state index < -0.39 is 0 Å². The highest BCUT2D eigenvalue weighted by atomic mass is 79.9. The average Bonchev–Trinajstić information content (AvgIpc) is 2.59. The molecule has 0 bridgehead atoms. The van der Waals surface area contributed by atoms with Crippen LogP contribution in [0.4, 0.5) is 0 Å². The van der Waals surface area contributed by atoms with Crippen molar-refractivity contribution in [1.82, 2.24) is 9.78 Å². The van der Waals surface area contributed by atoms with Crippen LogP contribution in [0.1, 0.15) is 27.2 Å². The van der Waals surface area contributed by atoms with Crippen LogP contribution < -0.4 is 0 Å². The molecule has 0 unspecified atom stereocenters. The fraction of sp³-hybridized carbons (Fsp3) is 0.286. The number of hydrogen-bond donors (Lipinski definition) is 0. The van der Waals surface area contributed by atoms with E-state index in [1.165, 1.54) is 0 Å². The van der Waals surface area contributed by atoms with E-state index in [1.54, 1.807) is 11.7 Å². The first kappa shape index (κ1) is 14.3. The molecule has 1 aromatic heterocycles. The summed E-state index contributed by atoms with van der Waals surface area (Å²) in [7, 11) is 1.77. The highest BCUT2D eigenvalue weighted by Crippen LogP contribution is 2.22. The van der Waals surface area contributed by atoms with Gasteiger partial charge >= 0.3 is 0 Å². The third-order valence-corrected chi connectivity index (χ3v) is 4.43. The number of ketones is 1. The van der Waals surface area contributed by atoms with Crippen molar-refractivity contribution in [2.45, 2.75) is 20.3 Å². The molecule has 0 saturated carbocycles. The fourth-order valence-electron chi connectivity index (χ4n) is 1.90. The topological polar surface area (TPSA) is 34.9 Å². The SMILES string of the molecule is Cc1ccc(C(=O)Cc2c(C)nn(C)c2Cl)cc1Br. The lowest BCUT2D eigenvalue weighted by atomic mass is 10.0. The number of Topliss-reactive ketones (excluding diaryl/α,β-unsaturated/α-hetero) is 1. The predicted molar refractivity (Wildman–Crippen MR) is 79.9 cm³/mol. The van der Waals surface area contributed by atoms with Crippen molar-refractivity contribution in [3.63, 3.8) is 0 Å². The Morgan fingerprint density at radius 3 is 2.63 bits per heavy atom. The molecule has 2 rings (SSSR count). The number of hydrogen-bond acceptors (Lipinski definition) is 2. The molecule has 1 aromatic carbocycles. The van der Waals surface area contributed by atoms with Gasteiger partial charge in [0.1, 0.15) is 5.15 Å². The van der Waals surface area contributed by atoms with Crippen molar-refractivity contribution < 1.29 is 4.79 Å². The van der Waals surface area contributed by atoms with Crippen LogP contribution in [-0.2, 0) is 13.5 Å². The van der Waals surface area contributed by atoms with Crippen molar-refractivity contribution in [1.29, 1.82) is 0 Å². The quantitative estimate of drug-likeness (QED) is 0.794. The smallest absolute Gasteiger partial charge is 0.167 e. The Bertz CT molecular complexity index is 649. The maximum atomic E-state index is 12.3. The van der Waals surface area contributed by atoms with E-state index in [1.807, 2.05) is 32.0 Å². The summed E-state index contributed by atoms with van der Waals surface area (Å²) < 4.78 is 2.53. The molecule has 0 amide bonds. The summed E-state index contributed by atoms with van der Waals surface area (Å²) in [6.07, 6.45) is 0.272. The van der Waals surface area contributed by atoms with Crippen molar-refractivity contribution in [2.75, 3.05) is 0 Å². The number of carbonyl (C=O) groups excluding carboxylic acids is 1. The summed E-state index contributed by atoms with van der Waals surface area (Å²) in [5.74, 6) is 0.0405. The Kier molecular flexibility index (Phi) is 4.11. The summed E-state index contributed by atoms with van der Waals surface area (Å²) in [5.41, 5.74) is 3.38. The van der Waals surface area contributed by atoms with E-state index in [-0.39, 0.29) is 12.2 Å². The van der Waals surface area contributed by atoms with Crippen LogP contribution in [0.3, 0.4) is 0 Å². The summed E-state index contributed by atoms with van der Waals surface area (Å²) >= 11 is 9.58. The molecule has 100 valence electrons. The second kappa shape index (κ2) is 5.47. The normalized spacial score (nSPS) is 10.8. The average molecular weight is 342 g/mol. The molecule has 0 aliphatic carbocycles. The van der Waals surface area contributed by atoms with Gasteiger partial charge in [-0.2, -0.15) is 5.10 Å². The third kappa shape index (κ3) is 2.90. The van der Waals surface area contributed by atoms with Gasteiger partial charge in [0.2, 0.25) is 0 Å². The van der Waals surface area contributed by atoms with Gasteiger partial charge in [-0.25, -0.2) is 0 Å². The number of carbonyl (C=O) groups is 1. The Morgan fingerprint density at radius 2 is 2.11 bits per heavy atom. The van der Waals surface area contributed by atoms with Crippen molar-refractivity contribution in [2.24, 2.45) is 7.05 Å². The third-order valence-electron chi connectivity index (χ3n) is 3.10. The first-order valence-corrected chi connectivity index (χ1v) is 7.04. The fourth-order valence-corrected chi connectivity index (χ4v) is 2.52. The van der Waals surface area contributed by atoms with E-state index in [9.17, 15) is 4.79 Å². The van der Waals surface area contributed by atoms with Crippen LogP contribution in [0.25, 0.3) is 0 Å². The van der Waals surface area contributed by atoms with Crippen molar-refractivity contribution in [3.05, 3.63) is 50.2 Å². The monoisotopic (exact) mass is 340 g/mol. The molecular formula is C14H14BrClN2O. The van der Waals surface area contributed by atoms with Crippen LogP contribution in [0.5, 0.6) is 0 Å². The number of halogens is 2. The minimum atomic E-state index is 0.0405. The number of nitrogens with zero attached hydrogens (tertiary/aromatic N) is 2. The number of rotatable bonds is 3. The van der Waals surface area contributed by atoms with Gasteiger partial charge in [0.25, 0.3) is 0 Å². The lowest BCUT2D eigenvalue weighted by Crippen LogP contribution is -2.05. The molecule has 0 saturated heterocycles. The summed E-state index contributed by atoms with van der Waals surface area (Å²) in [6.45, 7) is 3.85. The molecule has 0 fully saturated rings. The molecule has 0 radical (unpaired) electrons.